The Labute approximate surface area is 151 Å². The van der Waals surface area contributed by atoms with E-state index in [4.69, 9.17) is 4.98 Å². The van der Waals surface area contributed by atoms with Gasteiger partial charge in [-0.1, -0.05) is 12.5 Å². The number of rotatable bonds is 2. The van der Waals surface area contributed by atoms with Crippen molar-refractivity contribution >= 4 is 28.5 Å². The molecule has 1 aliphatic heterocycles. The van der Waals surface area contributed by atoms with Crippen LogP contribution in [-0.2, 0) is 4.79 Å². The maximum absolute atomic E-state index is 11.8. The molecule has 1 aromatic heterocycles. The minimum absolute atomic E-state index is 0.0416. The predicted octanol–water partition coefficient (Wildman–Crippen LogP) is 5.11. The van der Waals surface area contributed by atoms with Crippen molar-refractivity contribution in [2.75, 3.05) is 5.32 Å². The molecule has 1 aromatic carbocycles. The van der Waals surface area contributed by atoms with Crippen molar-refractivity contribution in [3.63, 3.8) is 0 Å². The Morgan fingerprint density at radius 1 is 1.32 bits per heavy atom. The van der Waals surface area contributed by atoms with Gasteiger partial charge in [0.05, 0.1) is 17.2 Å². The number of hydrogen-bond donors (Lipinski definition) is 1. The predicted molar refractivity (Wildman–Crippen MR) is 100 cm³/mol. The van der Waals surface area contributed by atoms with E-state index in [1.165, 1.54) is 36.2 Å². The number of nitrogens with zero attached hydrogens (tertiary/aromatic N) is 2. The summed E-state index contributed by atoms with van der Waals surface area (Å²) in [7, 11) is 0. The molecular weight excluding hydrogens is 330 g/mol. The van der Waals surface area contributed by atoms with Gasteiger partial charge in [-0.15, -0.1) is 11.3 Å². The molecule has 0 saturated heterocycles. The van der Waals surface area contributed by atoms with E-state index in [-0.39, 0.29) is 11.8 Å². The highest BCUT2D eigenvalue weighted by Gasteiger charge is 2.27. The molecule has 4 nitrogen and oxygen atoms in total. The number of hydrogen-bond acceptors (Lipinski definition) is 4. The molecule has 4 rings (SSSR count). The summed E-state index contributed by atoms with van der Waals surface area (Å²) in [6.45, 7) is 1.92. The van der Waals surface area contributed by atoms with Crippen LogP contribution in [0.4, 0.5) is 5.69 Å². The van der Waals surface area contributed by atoms with E-state index in [0.29, 0.717) is 0 Å². The third-order valence-electron chi connectivity index (χ3n) is 5.11. The van der Waals surface area contributed by atoms with Crippen LogP contribution in [0.25, 0.3) is 16.8 Å². The zero-order valence-electron chi connectivity index (χ0n) is 14.1. The molecule has 1 N–H and O–H groups in total. The fraction of sp³-hybridized carbons (Fsp3) is 0.350. The summed E-state index contributed by atoms with van der Waals surface area (Å²) in [4.78, 5) is 16.5. The van der Waals surface area contributed by atoms with Gasteiger partial charge in [-0.25, -0.2) is 4.98 Å². The molecule has 1 fully saturated rings. The summed E-state index contributed by atoms with van der Waals surface area (Å²) in [6, 6.07) is 8.34. The molecule has 2 aliphatic rings. The van der Waals surface area contributed by atoms with Crippen LogP contribution in [0.1, 0.15) is 55.5 Å². The van der Waals surface area contributed by atoms with Crippen LogP contribution in [0, 0.1) is 11.3 Å². The number of nitriles is 1. The summed E-state index contributed by atoms with van der Waals surface area (Å²) < 4.78 is 0. The van der Waals surface area contributed by atoms with Gasteiger partial charge in [0.25, 0.3) is 0 Å². The first-order valence-corrected chi connectivity index (χ1v) is 9.58. The van der Waals surface area contributed by atoms with Gasteiger partial charge in [0.15, 0.2) is 0 Å². The maximum atomic E-state index is 11.8. The quantitative estimate of drug-likeness (QED) is 0.766. The Morgan fingerprint density at radius 3 is 2.88 bits per heavy atom. The molecule has 126 valence electrons. The lowest BCUT2D eigenvalue weighted by atomic mass is 9.91. The molecule has 1 atom stereocenters. The van der Waals surface area contributed by atoms with Crippen molar-refractivity contribution in [2.45, 2.75) is 44.9 Å². The smallest absolute Gasteiger partial charge is 0.231 e. The Morgan fingerprint density at radius 2 is 2.12 bits per heavy atom. The topological polar surface area (TPSA) is 65.8 Å². The van der Waals surface area contributed by atoms with Gasteiger partial charge in [-0.2, -0.15) is 5.26 Å². The van der Waals surface area contributed by atoms with Gasteiger partial charge in [0.2, 0.25) is 5.91 Å². The van der Waals surface area contributed by atoms with Crippen molar-refractivity contribution in [3.05, 3.63) is 39.7 Å². The second-order valence-electron chi connectivity index (χ2n) is 6.70. The molecule has 0 unspecified atom stereocenters. The van der Waals surface area contributed by atoms with E-state index in [1.54, 1.807) is 0 Å². The number of fused-ring (bicyclic) bond motifs is 1. The zero-order chi connectivity index (χ0) is 17.4. The van der Waals surface area contributed by atoms with Crippen molar-refractivity contribution < 1.29 is 4.79 Å². The highest BCUT2D eigenvalue weighted by atomic mass is 32.1. The maximum Gasteiger partial charge on any atom is 0.231 e. The van der Waals surface area contributed by atoms with Gasteiger partial charge in [0.1, 0.15) is 11.1 Å². The van der Waals surface area contributed by atoms with Crippen LogP contribution in [0.15, 0.2) is 29.2 Å². The first kappa shape index (κ1) is 16.0. The first-order valence-electron chi connectivity index (χ1n) is 8.70. The van der Waals surface area contributed by atoms with Crippen molar-refractivity contribution in [1.82, 2.24) is 4.98 Å². The number of amides is 1. The largest absolute Gasteiger partial charge is 0.325 e. The van der Waals surface area contributed by atoms with Crippen LogP contribution in [-0.4, -0.2) is 10.9 Å². The number of anilines is 1. The number of carbonyl (C=O) groups excluding carboxylic acids is 1. The second-order valence-corrected chi connectivity index (χ2v) is 7.56. The number of thiazole rings is 1. The first-order chi connectivity index (χ1) is 12.2. The third kappa shape index (κ3) is 2.87. The molecule has 1 aliphatic carbocycles. The molecule has 5 heteroatoms. The summed E-state index contributed by atoms with van der Waals surface area (Å²) in [5.41, 5.74) is 5.80. The number of allylic oxidation sites excluding steroid dienone is 2. The monoisotopic (exact) mass is 349 g/mol. The van der Waals surface area contributed by atoms with E-state index < -0.39 is 0 Å². The van der Waals surface area contributed by atoms with Crippen molar-refractivity contribution in [1.29, 1.82) is 5.26 Å². The summed E-state index contributed by atoms with van der Waals surface area (Å²) in [5.74, 6) is -0.0907. The summed E-state index contributed by atoms with van der Waals surface area (Å²) in [6.07, 6.45) is 5.63. The molecule has 1 amide bonds. The number of aromatic nitrogens is 1. The Kier molecular flexibility index (Phi) is 4.14. The molecule has 0 radical (unpaired) electrons. The normalized spacial score (nSPS) is 19.3. The van der Waals surface area contributed by atoms with Crippen LogP contribution in [0.2, 0.25) is 0 Å². The van der Waals surface area contributed by atoms with Crippen LogP contribution in [0.5, 0.6) is 0 Å². The minimum atomic E-state index is -0.132. The van der Waals surface area contributed by atoms with Gasteiger partial charge in [0, 0.05) is 16.6 Å². The highest BCUT2D eigenvalue weighted by molar-refractivity contribution is 7.11. The number of nitrogens with one attached hydrogen (secondary N) is 1. The van der Waals surface area contributed by atoms with E-state index in [1.807, 2.05) is 30.5 Å². The van der Waals surface area contributed by atoms with Gasteiger partial charge in [-0.3, -0.25) is 4.79 Å². The third-order valence-corrected chi connectivity index (χ3v) is 5.97. The Hall–Kier alpha value is -2.45. The lowest BCUT2D eigenvalue weighted by molar-refractivity contribution is -0.116. The van der Waals surface area contributed by atoms with Crippen LogP contribution >= 0.6 is 11.3 Å². The average molecular weight is 349 g/mol. The minimum Gasteiger partial charge on any atom is -0.325 e. The molecule has 2 heterocycles. The summed E-state index contributed by atoms with van der Waals surface area (Å²) >= 11 is 1.53. The van der Waals surface area contributed by atoms with Crippen molar-refractivity contribution in [3.8, 4) is 17.3 Å². The standard InChI is InChI=1S/C20H19N3OS/c1-12-15-9-14(7-8-17(15)22-19(12)24)18-11-25-20(23-18)16(10-21)13-5-3-2-4-6-13/h7-9,11-12H,2-6H2,1H3,(H,22,24)/t12-/m0/s1. The number of benzene rings is 1. The fourth-order valence-corrected chi connectivity index (χ4v) is 4.48. The Bertz CT molecular complexity index is 911. The molecule has 0 spiro atoms. The molecule has 1 saturated carbocycles. The molecule has 25 heavy (non-hydrogen) atoms. The number of carbonyl (C=O) groups is 1. The van der Waals surface area contributed by atoms with Crippen molar-refractivity contribution in [2.24, 2.45) is 0 Å². The van der Waals surface area contributed by atoms with E-state index in [2.05, 4.69) is 11.4 Å². The van der Waals surface area contributed by atoms with Gasteiger partial charge >= 0.3 is 0 Å². The average Bonchev–Trinajstić information content (AvgIpc) is 3.22. The van der Waals surface area contributed by atoms with Crippen LogP contribution in [0.3, 0.4) is 0 Å². The lowest BCUT2D eigenvalue weighted by Crippen LogP contribution is -2.08. The Balaban J connectivity index is 1.68. The van der Waals surface area contributed by atoms with E-state index in [0.717, 1.165) is 45.9 Å². The van der Waals surface area contributed by atoms with Gasteiger partial charge in [-0.05, 0) is 55.9 Å². The molecular formula is C20H19N3OS. The highest BCUT2D eigenvalue weighted by Crippen LogP contribution is 2.37. The summed E-state index contributed by atoms with van der Waals surface area (Å²) in [5, 5.41) is 15.3. The second kappa shape index (κ2) is 6.45. The SMILES string of the molecule is C[C@@H]1C(=O)Nc2ccc(-c3csc(C(C#N)=C4CCCCC4)n3)cc21. The lowest BCUT2D eigenvalue weighted by Gasteiger charge is -2.14. The van der Waals surface area contributed by atoms with E-state index >= 15 is 0 Å². The molecule has 0 bridgehead atoms. The zero-order valence-corrected chi connectivity index (χ0v) is 14.9. The van der Waals surface area contributed by atoms with Crippen LogP contribution < -0.4 is 5.32 Å². The van der Waals surface area contributed by atoms with Gasteiger partial charge < -0.3 is 5.32 Å². The fourth-order valence-electron chi connectivity index (χ4n) is 3.60. The molecule has 2 aromatic rings. The van der Waals surface area contributed by atoms with E-state index in [9.17, 15) is 10.1 Å².